The summed E-state index contributed by atoms with van der Waals surface area (Å²) in [4.78, 5) is 8.89. The van der Waals surface area contributed by atoms with Crippen molar-refractivity contribution in [3.8, 4) is 0 Å². The summed E-state index contributed by atoms with van der Waals surface area (Å²) in [6, 6.07) is 0. The van der Waals surface area contributed by atoms with E-state index in [0.717, 1.165) is 47.6 Å². The zero-order valence-corrected chi connectivity index (χ0v) is 9.54. The first-order valence-electron chi connectivity index (χ1n) is 5.53. The number of anilines is 2. The van der Waals surface area contributed by atoms with Crippen LogP contribution in [-0.4, -0.2) is 21.1 Å². The maximum atomic E-state index is 5.95. The average molecular weight is 217 g/mol. The zero-order chi connectivity index (χ0) is 11.3. The Morgan fingerprint density at radius 2 is 2.19 bits per heavy atom. The molecule has 3 rings (SSSR count). The summed E-state index contributed by atoms with van der Waals surface area (Å²) in [6.07, 6.45) is 2.11. The van der Waals surface area contributed by atoms with Gasteiger partial charge < -0.3 is 15.6 Å². The van der Waals surface area contributed by atoms with Crippen LogP contribution in [0, 0.1) is 6.92 Å². The second-order valence-electron chi connectivity index (χ2n) is 4.26. The summed E-state index contributed by atoms with van der Waals surface area (Å²) in [7, 11) is 2.01. The molecule has 1 aliphatic heterocycles. The van der Waals surface area contributed by atoms with Gasteiger partial charge in [-0.3, -0.25) is 0 Å². The van der Waals surface area contributed by atoms with E-state index in [1.165, 1.54) is 0 Å². The third-order valence-corrected chi connectivity index (χ3v) is 3.23. The summed E-state index contributed by atoms with van der Waals surface area (Å²) in [5.41, 5.74) is 10.0. The molecule has 0 aliphatic carbocycles. The van der Waals surface area contributed by atoms with Gasteiger partial charge in [-0.2, -0.15) is 0 Å². The maximum Gasteiger partial charge on any atom is 0.152 e. The minimum absolute atomic E-state index is 0.543. The minimum atomic E-state index is 0.543. The molecule has 0 spiro atoms. The number of hydrogen-bond donors (Lipinski definition) is 2. The van der Waals surface area contributed by atoms with Gasteiger partial charge in [-0.1, -0.05) is 0 Å². The van der Waals surface area contributed by atoms with Crippen LogP contribution >= 0.6 is 0 Å². The SMILES string of the molecule is Cc1nc2c(N)nc3c(c2n1C)NCCC3. The van der Waals surface area contributed by atoms with Crippen LogP contribution in [0.5, 0.6) is 0 Å². The van der Waals surface area contributed by atoms with Crippen molar-refractivity contribution >= 4 is 22.5 Å². The van der Waals surface area contributed by atoms with Crippen LogP contribution in [0.2, 0.25) is 0 Å². The molecule has 0 saturated carbocycles. The fourth-order valence-corrected chi connectivity index (χ4v) is 2.30. The highest BCUT2D eigenvalue weighted by Gasteiger charge is 2.19. The lowest BCUT2D eigenvalue weighted by Gasteiger charge is -2.18. The molecular formula is C11H15N5. The average Bonchev–Trinajstić information content (AvgIpc) is 2.57. The summed E-state index contributed by atoms with van der Waals surface area (Å²) in [5.74, 6) is 1.51. The molecule has 3 heterocycles. The predicted octanol–water partition coefficient (Wildman–Crippen LogP) is 1.22. The van der Waals surface area contributed by atoms with Crippen molar-refractivity contribution in [3.63, 3.8) is 0 Å². The van der Waals surface area contributed by atoms with E-state index in [2.05, 4.69) is 19.9 Å². The second kappa shape index (κ2) is 3.10. The molecule has 1 aliphatic rings. The number of nitrogens with two attached hydrogens (primary N) is 1. The van der Waals surface area contributed by atoms with Crippen molar-refractivity contribution in [2.45, 2.75) is 19.8 Å². The van der Waals surface area contributed by atoms with Crippen molar-refractivity contribution in [1.29, 1.82) is 0 Å². The van der Waals surface area contributed by atoms with Crippen LogP contribution in [0.3, 0.4) is 0 Å². The Labute approximate surface area is 93.7 Å². The first-order chi connectivity index (χ1) is 7.68. The summed E-state index contributed by atoms with van der Waals surface area (Å²) >= 11 is 0. The molecule has 0 amide bonds. The topological polar surface area (TPSA) is 68.8 Å². The summed E-state index contributed by atoms with van der Waals surface area (Å²) in [5, 5.41) is 3.41. The fourth-order valence-electron chi connectivity index (χ4n) is 2.30. The van der Waals surface area contributed by atoms with Gasteiger partial charge >= 0.3 is 0 Å². The zero-order valence-electron chi connectivity index (χ0n) is 9.54. The van der Waals surface area contributed by atoms with Crippen molar-refractivity contribution < 1.29 is 0 Å². The quantitative estimate of drug-likeness (QED) is 0.696. The van der Waals surface area contributed by atoms with Crippen molar-refractivity contribution in [2.24, 2.45) is 7.05 Å². The van der Waals surface area contributed by atoms with Gasteiger partial charge in [0.25, 0.3) is 0 Å². The molecular weight excluding hydrogens is 202 g/mol. The molecule has 0 fully saturated rings. The number of aromatic nitrogens is 3. The molecule has 84 valence electrons. The Kier molecular flexibility index (Phi) is 1.83. The van der Waals surface area contributed by atoms with Gasteiger partial charge in [-0.15, -0.1) is 0 Å². The lowest BCUT2D eigenvalue weighted by molar-refractivity contribution is 0.802. The molecule has 0 saturated heterocycles. The smallest absolute Gasteiger partial charge is 0.152 e. The Morgan fingerprint density at radius 3 is 3.00 bits per heavy atom. The minimum Gasteiger partial charge on any atom is -0.382 e. The highest BCUT2D eigenvalue weighted by molar-refractivity contribution is 5.96. The van der Waals surface area contributed by atoms with Crippen molar-refractivity contribution in [1.82, 2.24) is 14.5 Å². The van der Waals surface area contributed by atoms with Crippen LogP contribution in [0.1, 0.15) is 17.9 Å². The van der Waals surface area contributed by atoms with E-state index in [-0.39, 0.29) is 0 Å². The number of rotatable bonds is 0. The van der Waals surface area contributed by atoms with Gasteiger partial charge in [-0.25, -0.2) is 9.97 Å². The number of imidazole rings is 1. The maximum absolute atomic E-state index is 5.95. The Bertz CT molecular complexity index is 569. The molecule has 0 unspecified atom stereocenters. The van der Waals surface area contributed by atoms with Crippen molar-refractivity contribution in [3.05, 3.63) is 11.5 Å². The second-order valence-corrected chi connectivity index (χ2v) is 4.26. The Hall–Kier alpha value is -1.78. The van der Waals surface area contributed by atoms with E-state index >= 15 is 0 Å². The Morgan fingerprint density at radius 1 is 1.38 bits per heavy atom. The summed E-state index contributed by atoms with van der Waals surface area (Å²) < 4.78 is 2.07. The number of nitrogen functional groups attached to an aromatic ring is 1. The number of aryl methyl sites for hydroxylation is 3. The predicted molar refractivity (Wildman–Crippen MR) is 64.5 cm³/mol. The normalized spacial score (nSPS) is 14.9. The highest BCUT2D eigenvalue weighted by Crippen LogP contribution is 2.32. The fraction of sp³-hybridized carbons (Fsp3) is 0.455. The van der Waals surface area contributed by atoms with Gasteiger partial charge in [0, 0.05) is 13.6 Å². The van der Waals surface area contributed by atoms with Crippen LogP contribution in [0.4, 0.5) is 11.5 Å². The first kappa shape index (κ1) is 9.45. The number of hydrogen-bond acceptors (Lipinski definition) is 4. The van der Waals surface area contributed by atoms with Crippen LogP contribution in [-0.2, 0) is 13.5 Å². The number of nitrogens with one attached hydrogen (secondary N) is 1. The molecule has 0 atom stereocenters. The van der Waals surface area contributed by atoms with Gasteiger partial charge in [0.05, 0.1) is 16.9 Å². The van der Waals surface area contributed by atoms with Crippen LogP contribution in [0.25, 0.3) is 11.0 Å². The molecule has 5 nitrogen and oxygen atoms in total. The molecule has 5 heteroatoms. The van der Waals surface area contributed by atoms with Crippen LogP contribution < -0.4 is 11.1 Å². The lowest BCUT2D eigenvalue weighted by Crippen LogP contribution is -2.15. The number of pyridine rings is 1. The third-order valence-electron chi connectivity index (χ3n) is 3.23. The van der Waals surface area contributed by atoms with Crippen LogP contribution in [0.15, 0.2) is 0 Å². The van der Waals surface area contributed by atoms with E-state index in [0.29, 0.717) is 5.82 Å². The largest absolute Gasteiger partial charge is 0.382 e. The van der Waals surface area contributed by atoms with Gasteiger partial charge in [0.2, 0.25) is 0 Å². The lowest BCUT2D eigenvalue weighted by atomic mass is 10.1. The monoisotopic (exact) mass is 217 g/mol. The number of fused-ring (bicyclic) bond motifs is 3. The van der Waals surface area contributed by atoms with E-state index in [1.54, 1.807) is 0 Å². The Balaban J connectivity index is 2.44. The molecule has 2 aromatic rings. The van der Waals surface area contributed by atoms with Crippen molar-refractivity contribution in [2.75, 3.05) is 17.6 Å². The molecule has 0 bridgehead atoms. The first-order valence-corrected chi connectivity index (χ1v) is 5.53. The van der Waals surface area contributed by atoms with E-state index < -0.39 is 0 Å². The van der Waals surface area contributed by atoms with E-state index in [1.807, 2.05) is 14.0 Å². The molecule has 16 heavy (non-hydrogen) atoms. The standard InChI is InChI=1S/C11H15N5/c1-6-14-9-10(16(6)2)8-7(15-11(9)12)4-3-5-13-8/h13H,3-5H2,1-2H3,(H2,12,15). The highest BCUT2D eigenvalue weighted by atomic mass is 15.1. The molecule has 2 aromatic heterocycles. The van der Waals surface area contributed by atoms with E-state index in [9.17, 15) is 0 Å². The van der Waals surface area contributed by atoms with Gasteiger partial charge in [0.15, 0.2) is 5.82 Å². The third kappa shape index (κ3) is 1.11. The molecule has 0 radical (unpaired) electrons. The number of nitrogens with zero attached hydrogens (tertiary/aromatic N) is 3. The van der Waals surface area contributed by atoms with E-state index in [4.69, 9.17) is 5.73 Å². The van der Waals surface area contributed by atoms with Gasteiger partial charge in [-0.05, 0) is 19.8 Å². The molecule has 3 N–H and O–H groups in total. The van der Waals surface area contributed by atoms with Gasteiger partial charge in [0.1, 0.15) is 11.3 Å². The molecule has 0 aromatic carbocycles. The summed E-state index contributed by atoms with van der Waals surface area (Å²) in [6.45, 7) is 2.98.